The summed E-state index contributed by atoms with van der Waals surface area (Å²) in [5.41, 5.74) is 0.0360. The SMILES string of the molecule is COc1cc(O)c(C(=O)c2ccccc2)cc1S(=O)(=O)O.C[N+](C)(C)C.[Cl-]. The van der Waals surface area contributed by atoms with Crippen LogP contribution in [0.4, 0.5) is 0 Å². The Labute approximate surface area is 166 Å². The molecule has 0 aliphatic carbocycles. The van der Waals surface area contributed by atoms with Gasteiger partial charge in [0.05, 0.1) is 40.9 Å². The molecule has 2 N–H and O–H groups in total. The third-order valence-corrected chi connectivity index (χ3v) is 3.72. The zero-order valence-corrected chi connectivity index (χ0v) is 17.4. The lowest BCUT2D eigenvalue weighted by atomic mass is 10.0. The second kappa shape index (κ2) is 9.70. The minimum atomic E-state index is -4.59. The molecule has 2 aromatic carbocycles. The van der Waals surface area contributed by atoms with Crippen molar-refractivity contribution in [3.63, 3.8) is 0 Å². The van der Waals surface area contributed by atoms with Gasteiger partial charge in [0.1, 0.15) is 16.4 Å². The highest BCUT2D eigenvalue weighted by Crippen LogP contribution is 2.32. The van der Waals surface area contributed by atoms with Crippen molar-refractivity contribution in [2.75, 3.05) is 35.3 Å². The predicted octanol–water partition coefficient (Wildman–Crippen LogP) is -0.795. The lowest BCUT2D eigenvalue weighted by molar-refractivity contribution is -0.849. The zero-order chi connectivity index (χ0) is 20.1. The van der Waals surface area contributed by atoms with Crippen molar-refractivity contribution in [1.29, 1.82) is 0 Å². The summed E-state index contributed by atoms with van der Waals surface area (Å²) < 4.78 is 37.6. The van der Waals surface area contributed by atoms with Gasteiger partial charge >= 0.3 is 0 Å². The summed E-state index contributed by atoms with van der Waals surface area (Å²) >= 11 is 0. The number of hydrogen-bond donors (Lipinski definition) is 2. The fourth-order valence-corrected chi connectivity index (χ4v) is 2.50. The second-order valence-electron chi connectivity index (χ2n) is 6.87. The Bertz CT molecular complexity index is 871. The smallest absolute Gasteiger partial charge is 0.298 e. The number of nitrogens with zero attached hydrogens (tertiary/aromatic N) is 1. The second-order valence-corrected chi connectivity index (χ2v) is 8.26. The molecule has 0 fully saturated rings. The molecule has 0 saturated heterocycles. The van der Waals surface area contributed by atoms with Crippen LogP contribution in [0.25, 0.3) is 0 Å². The maximum Gasteiger partial charge on any atom is 0.298 e. The van der Waals surface area contributed by atoms with Crippen molar-refractivity contribution in [3.05, 3.63) is 53.6 Å². The van der Waals surface area contributed by atoms with Gasteiger partial charge in [0.15, 0.2) is 5.78 Å². The number of phenolic OH excluding ortho intramolecular Hbond substituents is 1. The molecule has 150 valence electrons. The van der Waals surface area contributed by atoms with Crippen LogP contribution in [0.1, 0.15) is 15.9 Å². The number of carbonyl (C=O) groups is 1. The zero-order valence-electron chi connectivity index (χ0n) is 15.8. The van der Waals surface area contributed by atoms with Gasteiger partial charge in [-0.25, -0.2) is 0 Å². The lowest BCUT2D eigenvalue weighted by Crippen LogP contribution is -3.00. The summed E-state index contributed by atoms with van der Waals surface area (Å²) in [4.78, 5) is 11.7. The fourth-order valence-electron chi connectivity index (χ4n) is 1.84. The van der Waals surface area contributed by atoms with Crippen molar-refractivity contribution in [1.82, 2.24) is 0 Å². The minimum absolute atomic E-state index is 0. The van der Waals surface area contributed by atoms with Crippen molar-refractivity contribution >= 4 is 15.9 Å². The van der Waals surface area contributed by atoms with Crippen LogP contribution < -0.4 is 17.1 Å². The Hall–Kier alpha value is -2.13. The van der Waals surface area contributed by atoms with Crippen molar-refractivity contribution in [2.24, 2.45) is 0 Å². The number of halogens is 1. The van der Waals surface area contributed by atoms with Gasteiger partial charge in [-0.05, 0) is 6.07 Å². The molecule has 7 nitrogen and oxygen atoms in total. The van der Waals surface area contributed by atoms with Crippen LogP contribution in [-0.4, -0.2) is 63.6 Å². The molecule has 9 heteroatoms. The highest BCUT2D eigenvalue weighted by molar-refractivity contribution is 7.86. The van der Waals surface area contributed by atoms with Crippen LogP contribution in [0, 0.1) is 0 Å². The number of carbonyl (C=O) groups excluding carboxylic acids is 1. The van der Waals surface area contributed by atoms with Gasteiger partial charge in [-0.2, -0.15) is 8.42 Å². The van der Waals surface area contributed by atoms with Gasteiger partial charge in [0.25, 0.3) is 10.1 Å². The quantitative estimate of drug-likeness (QED) is 0.384. The Morgan fingerprint density at radius 2 is 1.52 bits per heavy atom. The summed E-state index contributed by atoms with van der Waals surface area (Å²) in [6, 6.07) is 9.90. The van der Waals surface area contributed by atoms with Crippen LogP contribution >= 0.6 is 0 Å². The Morgan fingerprint density at radius 1 is 1.04 bits per heavy atom. The first-order valence-electron chi connectivity index (χ1n) is 7.61. The summed E-state index contributed by atoms with van der Waals surface area (Å²) in [6.45, 7) is 0. The number of ether oxygens (including phenoxy) is 1. The molecule has 0 bridgehead atoms. The van der Waals surface area contributed by atoms with Gasteiger partial charge in [0.2, 0.25) is 0 Å². The van der Waals surface area contributed by atoms with E-state index in [4.69, 9.17) is 9.29 Å². The molecular weight excluding hydrogens is 394 g/mol. The largest absolute Gasteiger partial charge is 1.00 e. The van der Waals surface area contributed by atoms with Gasteiger partial charge < -0.3 is 26.7 Å². The molecular formula is C18H24ClNO6S. The standard InChI is InChI=1S/C14H12O6S.C4H12N.ClH/c1-20-12-8-11(15)10(7-13(12)21(17,18)19)14(16)9-5-3-2-4-6-9;1-5(2,3)4;/h2-8,15H,1H3,(H,17,18,19);1-4H3;1H/q;+1;/p-1. The highest BCUT2D eigenvalue weighted by atomic mass is 35.5. The van der Waals surface area contributed by atoms with Gasteiger partial charge in [-0.15, -0.1) is 0 Å². The number of aromatic hydroxyl groups is 1. The maximum atomic E-state index is 12.3. The number of hydrogen-bond acceptors (Lipinski definition) is 5. The third-order valence-electron chi connectivity index (χ3n) is 2.84. The Morgan fingerprint density at radius 3 is 1.93 bits per heavy atom. The molecule has 0 atom stereocenters. The first-order valence-corrected chi connectivity index (χ1v) is 9.05. The van der Waals surface area contributed by atoms with E-state index in [1.165, 1.54) is 19.2 Å². The molecule has 27 heavy (non-hydrogen) atoms. The first-order chi connectivity index (χ1) is 11.8. The third kappa shape index (κ3) is 7.96. The normalized spacial score (nSPS) is 10.9. The van der Waals surface area contributed by atoms with Gasteiger partial charge in [-0.3, -0.25) is 9.35 Å². The Kier molecular flexibility index (Phi) is 8.94. The molecule has 0 amide bonds. The number of methoxy groups -OCH3 is 1. The number of quaternary nitrogens is 1. The van der Waals surface area contributed by atoms with E-state index in [-0.39, 0.29) is 29.3 Å². The molecule has 0 spiro atoms. The van der Waals surface area contributed by atoms with Crippen LogP contribution in [0.2, 0.25) is 0 Å². The number of benzene rings is 2. The van der Waals surface area contributed by atoms with E-state index in [0.29, 0.717) is 0 Å². The molecule has 0 radical (unpaired) electrons. The van der Waals surface area contributed by atoms with E-state index >= 15 is 0 Å². The van der Waals surface area contributed by atoms with Gasteiger partial charge in [-0.1, -0.05) is 30.3 Å². The van der Waals surface area contributed by atoms with Crippen LogP contribution in [0.15, 0.2) is 47.4 Å². The Balaban J connectivity index is 0.00000100. The summed E-state index contributed by atoms with van der Waals surface area (Å²) in [7, 11) is 5.09. The summed E-state index contributed by atoms with van der Waals surface area (Å²) in [5.74, 6) is -1.26. The molecule has 0 heterocycles. The van der Waals surface area contributed by atoms with E-state index in [1.807, 2.05) is 0 Å². The summed E-state index contributed by atoms with van der Waals surface area (Å²) in [5, 5.41) is 9.87. The molecule has 0 aromatic heterocycles. The van der Waals surface area contributed by atoms with E-state index in [2.05, 4.69) is 28.2 Å². The van der Waals surface area contributed by atoms with E-state index in [0.717, 1.165) is 16.6 Å². The molecule has 0 aliphatic rings. The van der Waals surface area contributed by atoms with Crippen LogP contribution in [0.5, 0.6) is 11.5 Å². The van der Waals surface area contributed by atoms with E-state index in [1.54, 1.807) is 18.2 Å². The highest BCUT2D eigenvalue weighted by Gasteiger charge is 2.23. The molecule has 0 saturated carbocycles. The average molecular weight is 418 g/mol. The van der Waals surface area contributed by atoms with E-state index in [9.17, 15) is 18.3 Å². The maximum absolute atomic E-state index is 12.3. The van der Waals surface area contributed by atoms with Crippen LogP contribution in [-0.2, 0) is 10.1 Å². The first kappa shape index (κ1) is 24.9. The summed E-state index contributed by atoms with van der Waals surface area (Å²) in [6.07, 6.45) is 0. The number of ketones is 1. The van der Waals surface area contributed by atoms with Crippen molar-refractivity contribution < 1.29 is 44.5 Å². The number of rotatable bonds is 4. The molecule has 0 aliphatic heterocycles. The minimum Gasteiger partial charge on any atom is -1.00 e. The molecule has 0 unspecified atom stereocenters. The molecule has 2 rings (SSSR count). The predicted molar refractivity (Wildman–Crippen MR) is 98.3 cm³/mol. The van der Waals surface area contributed by atoms with Crippen LogP contribution in [0.3, 0.4) is 0 Å². The van der Waals surface area contributed by atoms with E-state index < -0.39 is 26.5 Å². The van der Waals surface area contributed by atoms with Crippen molar-refractivity contribution in [2.45, 2.75) is 4.90 Å². The van der Waals surface area contributed by atoms with Gasteiger partial charge in [0, 0.05) is 11.6 Å². The van der Waals surface area contributed by atoms with Crippen molar-refractivity contribution in [3.8, 4) is 11.5 Å². The number of phenols is 1. The monoisotopic (exact) mass is 417 g/mol. The lowest BCUT2D eigenvalue weighted by Gasteiger charge is -2.14. The topological polar surface area (TPSA) is 101 Å². The fraction of sp³-hybridized carbons (Fsp3) is 0.278. The average Bonchev–Trinajstić information content (AvgIpc) is 2.52. The molecule has 2 aromatic rings.